The van der Waals surface area contributed by atoms with Crippen LogP contribution in [0.1, 0.15) is 12.8 Å². The molecule has 0 aliphatic heterocycles. The number of para-hydroxylation sites is 1. The molecule has 5 heteroatoms. The van der Waals surface area contributed by atoms with E-state index in [1.165, 1.54) is 6.07 Å². The Morgan fingerprint density at radius 2 is 2.11 bits per heavy atom. The fraction of sp³-hybridized carbons (Fsp3) is 0.231. The number of carboxylic acids is 1. The lowest BCUT2D eigenvalue weighted by Gasteiger charge is -2.07. The topological polar surface area (TPSA) is 76.7 Å². The van der Waals surface area contributed by atoms with E-state index in [9.17, 15) is 9.59 Å². The molecule has 0 aliphatic rings. The highest BCUT2D eigenvalue weighted by Gasteiger charge is 2.06. The predicted molar refractivity (Wildman–Crippen MR) is 64.8 cm³/mol. The highest BCUT2D eigenvalue weighted by atomic mass is 16.5. The van der Waals surface area contributed by atoms with Gasteiger partial charge in [-0.15, -0.1) is 0 Å². The zero-order valence-corrected chi connectivity index (χ0v) is 9.59. The van der Waals surface area contributed by atoms with Crippen molar-refractivity contribution in [3.8, 4) is 5.75 Å². The minimum atomic E-state index is -0.865. The van der Waals surface area contributed by atoms with E-state index in [4.69, 9.17) is 14.3 Å². The van der Waals surface area contributed by atoms with Crippen LogP contribution in [0.15, 0.2) is 39.5 Å². The van der Waals surface area contributed by atoms with Gasteiger partial charge in [-0.25, -0.2) is 4.79 Å². The van der Waals surface area contributed by atoms with Gasteiger partial charge >= 0.3 is 11.6 Å². The summed E-state index contributed by atoms with van der Waals surface area (Å²) in [5, 5.41) is 9.21. The zero-order valence-electron chi connectivity index (χ0n) is 9.59. The number of benzene rings is 1. The van der Waals surface area contributed by atoms with Crippen LogP contribution < -0.4 is 10.4 Å². The molecule has 1 heterocycles. The molecule has 0 radical (unpaired) electrons. The van der Waals surface area contributed by atoms with Crippen molar-refractivity contribution < 1.29 is 19.1 Å². The molecule has 18 heavy (non-hydrogen) atoms. The molecular formula is C13H12O5. The van der Waals surface area contributed by atoms with Crippen molar-refractivity contribution in [3.05, 3.63) is 40.8 Å². The number of aliphatic carboxylic acids is 1. The van der Waals surface area contributed by atoms with E-state index >= 15 is 0 Å². The Morgan fingerprint density at radius 3 is 2.89 bits per heavy atom. The molecule has 2 aromatic rings. The monoisotopic (exact) mass is 248 g/mol. The van der Waals surface area contributed by atoms with E-state index in [2.05, 4.69) is 0 Å². The molecule has 0 aliphatic carbocycles. The van der Waals surface area contributed by atoms with Crippen molar-refractivity contribution in [1.82, 2.24) is 0 Å². The first kappa shape index (κ1) is 12.2. The number of hydrogen-bond donors (Lipinski definition) is 1. The van der Waals surface area contributed by atoms with Gasteiger partial charge in [0.2, 0.25) is 0 Å². The molecule has 0 fully saturated rings. The predicted octanol–water partition coefficient (Wildman–Crippen LogP) is 2.04. The summed E-state index contributed by atoms with van der Waals surface area (Å²) >= 11 is 0. The third kappa shape index (κ3) is 2.88. The third-order valence-corrected chi connectivity index (χ3v) is 2.40. The van der Waals surface area contributed by atoms with Crippen molar-refractivity contribution in [2.45, 2.75) is 12.8 Å². The summed E-state index contributed by atoms with van der Waals surface area (Å²) in [6, 6.07) is 8.31. The molecular weight excluding hydrogens is 236 g/mol. The molecule has 2 rings (SSSR count). The number of rotatable bonds is 5. The standard InChI is InChI=1S/C13H12O5/c14-12(15)6-3-7-17-11-8-13(16)18-10-5-2-1-4-9(10)11/h1-2,4-5,8H,3,6-7H2,(H,14,15). The van der Waals surface area contributed by atoms with E-state index in [1.54, 1.807) is 18.2 Å². The van der Waals surface area contributed by atoms with Gasteiger partial charge in [-0.05, 0) is 18.6 Å². The van der Waals surface area contributed by atoms with E-state index in [1.807, 2.05) is 6.07 Å². The van der Waals surface area contributed by atoms with Crippen LogP contribution in [0, 0.1) is 0 Å². The molecule has 1 aromatic carbocycles. The second-order valence-electron chi connectivity index (χ2n) is 3.77. The lowest BCUT2D eigenvalue weighted by Crippen LogP contribution is -2.05. The van der Waals surface area contributed by atoms with Gasteiger partial charge < -0.3 is 14.3 Å². The van der Waals surface area contributed by atoms with Gasteiger partial charge in [-0.1, -0.05) is 12.1 Å². The Kier molecular flexibility index (Phi) is 3.62. The smallest absolute Gasteiger partial charge is 0.339 e. The number of carbonyl (C=O) groups is 1. The Hall–Kier alpha value is -2.30. The maximum Gasteiger partial charge on any atom is 0.339 e. The number of carboxylic acid groups (broad SMARTS) is 1. The highest BCUT2D eigenvalue weighted by Crippen LogP contribution is 2.23. The molecule has 0 saturated carbocycles. The molecule has 0 saturated heterocycles. The molecule has 0 amide bonds. The molecule has 94 valence electrons. The van der Waals surface area contributed by atoms with E-state index in [-0.39, 0.29) is 13.0 Å². The van der Waals surface area contributed by atoms with Gasteiger partial charge in [-0.2, -0.15) is 0 Å². The summed E-state index contributed by atoms with van der Waals surface area (Å²) in [5.41, 5.74) is -0.0276. The maximum atomic E-state index is 11.3. The van der Waals surface area contributed by atoms with Crippen LogP contribution >= 0.6 is 0 Å². The molecule has 0 atom stereocenters. The molecule has 1 N–H and O–H groups in total. The molecule has 5 nitrogen and oxygen atoms in total. The largest absolute Gasteiger partial charge is 0.493 e. The molecule has 0 bridgehead atoms. The summed E-state index contributed by atoms with van der Waals surface area (Å²) < 4.78 is 10.4. The Bertz CT molecular complexity index is 614. The second-order valence-corrected chi connectivity index (χ2v) is 3.77. The fourth-order valence-electron chi connectivity index (χ4n) is 1.61. The van der Waals surface area contributed by atoms with Crippen molar-refractivity contribution in [2.75, 3.05) is 6.61 Å². The van der Waals surface area contributed by atoms with Gasteiger partial charge in [0.1, 0.15) is 11.3 Å². The quantitative estimate of drug-likeness (QED) is 0.647. The first-order valence-corrected chi connectivity index (χ1v) is 5.54. The summed E-state index contributed by atoms with van der Waals surface area (Å²) in [7, 11) is 0. The van der Waals surface area contributed by atoms with Crippen LogP contribution in [-0.2, 0) is 4.79 Å². The van der Waals surface area contributed by atoms with E-state index in [0.29, 0.717) is 23.1 Å². The molecule has 1 aromatic heterocycles. The number of hydrogen-bond acceptors (Lipinski definition) is 4. The summed E-state index contributed by atoms with van der Waals surface area (Å²) in [4.78, 5) is 21.7. The first-order chi connectivity index (χ1) is 8.66. The minimum Gasteiger partial charge on any atom is -0.493 e. The normalized spacial score (nSPS) is 10.4. The van der Waals surface area contributed by atoms with Gasteiger partial charge in [0.05, 0.1) is 18.1 Å². The summed E-state index contributed by atoms with van der Waals surface area (Å²) in [6.45, 7) is 0.250. The van der Waals surface area contributed by atoms with Crippen LogP contribution in [0.3, 0.4) is 0 Å². The van der Waals surface area contributed by atoms with Gasteiger partial charge in [-0.3, -0.25) is 4.79 Å². The minimum absolute atomic E-state index is 0.0410. The first-order valence-electron chi connectivity index (χ1n) is 5.54. The number of ether oxygens (including phenoxy) is 1. The van der Waals surface area contributed by atoms with Crippen LogP contribution in [0.25, 0.3) is 11.0 Å². The lowest BCUT2D eigenvalue weighted by atomic mass is 10.2. The van der Waals surface area contributed by atoms with Crippen molar-refractivity contribution in [1.29, 1.82) is 0 Å². The van der Waals surface area contributed by atoms with E-state index < -0.39 is 11.6 Å². The van der Waals surface area contributed by atoms with E-state index in [0.717, 1.165) is 0 Å². The Labute approximate surface area is 103 Å². The third-order valence-electron chi connectivity index (χ3n) is 2.40. The average Bonchev–Trinajstić information content (AvgIpc) is 2.34. The Morgan fingerprint density at radius 1 is 1.33 bits per heavy atom. The second kappa shape index (κ2) is 5.35. The molecule has 0 unspecified atom stereocenters. The van der Waals surface area contributed by atoms with Crippen molar-refractivity contribution in [2.24, 2.45) is 0 Å². The van der Waals surface area contributed by atoms with Crippen molar-refractivity contribution >= 4 is 16.9 Å². The lowest BCUT2D eigenvalue weighted by molar-refractivity contribution is -0.137. The van der Waals surface area contributed by atoms with Crippen LogP contribution in [0.5, 0.6) is 5.75 Å². The van der Waals surface area contributed by atoms with Gasteiger partial charge in [0.25, 0.3) is 0 Å². The van der Waals surface area contributed by atoms with Crippen LogP contribution in [0.4, 0.5) is 0 Å². The number of fused-ring (bicyclic) bond motifs is 1. The zero-order chi connectivity index (χ0) is 13.0. The van der Waals surface area contributed by atoms with Crippen LogP contribution in [-0.4, -0.2) is 17.7 Å². The SMILES string of the molecule is O=C(O)CCCOc1cc(=O)oc2ccccc12. The van der Waals surface area contributed by atoms with Gasteiger partial charge in [0.15, 0.2) is 0 Å². The average molecular weight is 248 g/mol. The fourth-order valence-corrected chi connectivity index (χ4v) is 1.61. The van der Waals surface area contributed by atoms with Gasteiger partial charge in [0, 0.05) is 6.42 Å². The molecule has 0 spiro atoms. The summed E-state index contributed by atoms with van der Waals surface area (Å²) in [6.07, 6.45) is 0.434. The Balaban J connectivity index is 2.17. The highest BCUT2D eigenvalue weighted by molar-refractivity contribution is 5.82. The van der Waals surface area contributed by atoms with Crippen LogP contribution in [0.2, 0.25) is 0 Å². The van der Waals surface area contributed by atoms with Crippen molar-refractivity contribution in [3.63, 3.8) is 0 Å². The maximum absolute atomic E-state index is 11.3. The summed E-state index contributed by atoms with van der Waals surface area (Å²) in [5.74, 6) is -0.441.